The van der Waals surface area contributed by atoms with Crippen molar-refractivity contribution >= 4 is 40.1 Å². The number of aryl methyl sites for hydroxylation is 4. The third kappa shape index (κ3) is 4.25. The third-order valence-corrected chi connectivity index (χ3v) is 6.13. The number of pyridine rings is 1. The molecule has 0 unspecified atom stereocenters. The van der Waals surface area contributed by atoms with Gasteiger partial charge in [0, 0.05) is 5.56 Å². The number of nitrogens with one attached hydrogen (secondary N) is 2. The fourth-order valence-corrected chi connectivity index (χ4v) is 4.08. The van der Waals surface area contributed by atoms with E-state index in [0.717, 1.165) is 27.7 Å². The topological polar surface area (TPSA) is 88.4 Å². The van der Waals surface area contributed by atoms with Crippen LogP contribution in [-0.2, 0) is 4.79 Å². The van der Waals surface area contributed by atoms with Crippen LogP contribution in [0.4, 0.5) is 0 Å². The summed E-state index contributed by atoms with van der Waals surface area (Å²) in [7, 11) is 0. The van der Waals surface area contributed by atoms with Crippen molar-refractivity contribution < 1.29 is 9.59 Å². The molecular formula is C23H23N5O2S. The Morgan fingerprint density at radius 3 is 2.32 bits per heavy atom. The van der Waals surface area contributed by atoms with Crippen LogP contribution in [0.2, 0.25) is 0 Å². The van der Waals surface area contributed by atoms with Gasteiger partial charge in [-0.2, -0.15) is 0 Å². The Morgan fingerprint density at radius 2 is 1.58 bits per heavy atom. The lowest BCUT2D eigenvalue weighted by Gasteiger charge is -2.10. The highest BCUT2D eigenvalue weighted by Crippen LogP contribution is 2.27. The van der Waals surface area contributed by atoms with Gasteiger partial charge in [-0.1, -0.05) is 29.5 Å². The van der Waals surface area contributed by atoms with Gasteiger partial charge < -0.3 is 0 Å². The molecule has 0 fully saturated rings. The minimum Gasteiger partial charge on any atom is -0.272 e. The number of carbonyl (C=O) groups excluding carboxylic acids is 2. The lowest BCUT2D eigenvalue weighted by molar-refractivity contribution is -0.119. The Hall–Kier alpha value is -3.39. The number of benzene rings is 2. The molecule has 8 heteroatoms. The van der Waals surface area contributed by atoms with Crippen molar-refractivity contribution in [3.05, 3.63) is 70.3 Å². The van der Waals surface area contributed by atoms with Crippen LogP contribution in [0.3, 0.4) is 0 Å². The van der Waals surface area contributed by atoms with Crippen LogP contribution in [0, 0.1) is 27.7 Å². The second-order valence-electron chi connectivity index (χ2n) is 7.62. The predicted molar refractivity (Wildman–Crippen MR) is 122 cm³/mol. The molecule has 158 valence electrons. The summed E-state index contributed by atoms with van der Waals surface area (Å²) in [6.07, 6.45) is 0. The zero-order chi connectivity index (χ0) is 22.1. The van der Waals surface area contributed by atoms with Crippen molar-refractivity contribution in [2.24, 2.45) is 0 Å². The van der Waals surface area contributed by atoms with Gasteiger partial charge in [0.2, 0.25) is 5.91 Å². The van der Waals surface area contributed by atoms with Crippen LogP contribution >= 0.6 is 11.8 Å². The van der Waals surface area contributed by atoms with Crippen LogP contribution in [-0.4, -0.2) is 32.2 Å². The number of hydrogen-bond acceptors (Lipinski definition) is 5. The summed E-state index contributed by atoms with van der Waals surface area (Å²) in [5.41, 5.74) is 11.6. The summed E-state index contributed by atoms with van der Waals surface area (Å²) in [5, 5.41) is 10.3. The molecule has 4 rings (SSSR count). The number of hydrazine groups is 1. The van der Waals surface area contributed by atoms with E-state index in [1.54, 1.807) is 12.1 Å². The van der Waals surface area contributed by atoms with Crippen molar-refractivity contribution in [2.75, 3.05) is 5.75 Å². The van der Waals surface area contributed by atoms with E-state index in [1.165, 1.54) is 22.9 Å². The van der Waals surface area contributed by atoms with Gasteiger partial charge in [-0.25, -0.2) is 0 Å². The summed E-state index contributed by atoms with van der Waals surface area (Å²) < 4.78 is 1.99. The fourth-order valence-electron chi connectivity index (χ4n) is 3.34. The van der Waals surface area contributed by atoms with Gasteiger partial charge in [-0.15, -0.1) is 10.2 Å². The molecule has 0 bridgehead atoms. The number of thioether (sulfide) groups is 1. The summed E-state index contributed by atoms with van der Waals surface area (Å²) in [5.74, 6) is -0.597. The molecule has 7 nitrogen and oxygen atoms in total. The molecule has 0 saturated heterocycles. The van der Waals surface area contributed by atoms with Crippen molar-refractivity contribution in [2.45, 2.75) is 32.9 Å². The monoisotopic (exact) mass is 433 g/mol. The lowest BCUT2D eigenvalue weighted by Crippen LogP contribution is -2.42. The molecule has 0 aliphatic heterocycles. The number of nitrogens with zero attached hydrogens (tertiary/aromatic N) is 3. The van der Waals surface area contributed by atoms with Crippen molar-refractivity contribution in [1.82, 2.24) is 25.4 Å². The van der Waals surface area contributed by atoms with Crippen molar-refractivity contribution in [3.8, 4) is 0 Å². The summed E-state index contributed by atoms with van der Waals surface area (Å²) in [6.45, 7) is 8.11. The van der Waals surface area contributed by atoms with E-state index >= 15 is 0 Å². The van der Waals surface area contributed by atoms with Crippen LogP contribution in [0.5, 0.6) is 0 Å². The van der Waals surface area contributed by atoms with E-state index in [4.69, 9.17) is 0 Å². The largest absolute Gasteiger partial charge is 0.272 e. The minimum absolute atomic E-state index is 0.0925. The zero-order valence-electron chi connectivity index (χ0n) is 17.8. The number of aromatic nitrogens is 3. The minimum atomic E-state index is -0.362. The second kappa shape index (κ2) is 8.39. The van der Waals surface area contributed by atoms with Gasteiger partial charge in [0.05, 0.1) is 11.3 Å². The summed E-state index contributed by atoms with van der Waals surface area (Å²) in [6, 6.07) is 13.5. The van der Waals surface area contributed by atoms with Gasteiger partial charge in [0.25, 0.3) is 5.91 Å². The molecule has 2 amide bonds. The highest BCUT2D eigenvalue weighted by atomic mass is 32.2. The fraction of sp³-hybridized carbons (Fsp3) is 0.217. The Labute approximate surface area is 184 Å². The standard InChI is InChI=1S/C23H23N5O2S/c1-13-5-7-17(8-6-13)22(30)26-24-20(29)12-31-23-27-25-21-16(4)10-18-9-14(2)15(3)11-19(18)28(21)23/h5-11H,12H2,1-4H3,(H,24,29)(H,26,30). The van der Waals surface area contributed by atoms with Crippen LogP contribution < -0.4 is 10.9 Å². The highest BCUT2D eigenvalue weighted by molar-refractivity contribution is 7.99. The normalized spacial score (nSPS) is 11.1. The Morgan fingerprint density at radius 1 is 0.903 bits per heavy atom. The Bertz CT molecular complexity index is 1310. The first-order valence-electron chi connectivity index (χ1n) is 9.88. The van der Waals surface area contributed by atoms with Crippen molar-refractivity contribution in [3.63, 3.8) is 0 Å². The summed E-state index contributed by atoms with van der Waals surface area (Å²) in [4.78, 5) is 24.4. The average Bonchev–Trinajstić information content (AvgIpc) is 3.17. The van der Waals surface area contributed by atoms with Gasteiger partial charge >= 0.3 is 0 Å². The molecule has 0 atom stereocenters. The smallest absolute Gasteiger partial charge is 0.269 e. The molecule has 0 aliphatic carbocycles. The average molecular weight is 434 g/mol. The Kier molecular flexibility index (Phi) is 5.65. The Balaban J connectivity index is 1.48. The molecule has 31 heavy (non-hydrogen) atoms. The van der Waals surface area contributed by atoms with E-state index in [0.29, 0.717) is 10.7 Å². The maximum atomic E-state index is 12.3. The number of carbonyl (C=O) groups is 2. The van der Waals surface area contributed by atoms with E-state index in [9.17, 15) is 9.59 Å². The van der Waals surface area contributed by atoms with Gasteiger partial charge in [0.15, 0.2) is 10.8 Å². The predicted octanol–water partition coefficient (Wildman–Crippen LogP) is 3.67. The second-order valence-corrected chi connectivity index (χ2v) is 8.56. The molecular weight excluding hydrogens is 410 g/mol. The maximum absolute atomic E-state index is 12.3. The van der Waals surface area contributed by atoms with Gasteiger partial charge in [0.1, 0.15) is 0 Å². The maximum Gasteiger partial charge on any atom is 0.269 e. The molecule has 0 saturated carbocycles. The first-order chi connectivity index (χ1) is 14.8. The summed E-state index contributed by atoms with van der Waals surface area (Å²) >= 11 is 1.27. The molecule has 2 aromatic carbocycles. The van der Waals surface area contributed by atoms with Crippen LogP contribution in [0.1, 0.15) is 32.6 Å². The molecule has 2 aromatic heterocycles. The highest BCUT2D eigenvalue weighted by Gasteiger charge is 2.15. The molecule has 2 N–H and O–H groups in total. The quantitative estimate of drug-likeness (QED) is 0.379. The van der Waals surface area contributed by atoms with E-state index in [2.05, 4.69) is 53.1 Å². The van der Waals surface area contributed by atoms with Crippen LogP contribution in [0.15, 0.2) is 47.6 Å². The number of hydrogen-bond donors (Lipinski definition) is 2. The van der Waals surface area contributed by atoms with E-state index in [-0.39, 0.29) is 17.6 Å². The van der Waals surface area contributed by atoms with Crippen molar-refractivity contribution in [1.29, 1.82) is 0 Å². The number of amides is 2. The zero-order valence-corrected chi connectivity index (χ0v) is 18.6. The van der Waals surface area contributed by atoms with E-state index in [1.807, 2.05) is 30.4 Å². The number of rotatable bonds is 4. The lowest BCUT2D eigenvalue weighted by atomic mass is 10.0. The SMILES string of the molecule is Cc1ccc(C(=O)NNC(=O)CSc2nnc3c(C)cc4cc(C)c(C)cc4n23)cc1. The molecule has 2 heterocycles. The molecule has 0 radical (unpaired) electrons. The third-order valence-electron chi connectivity index (χ3n) is 5.20. The molecule has 0 spiro atoms. The van der Waals surface area contributed by atoms with Gasteiger partial charge in [-0.3, -0.25) is 24.8 Å². The first-order valence-corrected chi connectivity index (χ1v) is 10.9. The number of fused-ring (bicyclic) bond motifs is 3. The first kappa shape index (κ1) is 20.9. The molecule has 4 aromatic rings. The van der Waals surface area contributed by atoms with Crippen LogP contribution in [0.25, 0.3) is 16.6 Å². The molecule has 0 aliphatic rings. The van der Waals surface area contributed by atoms with E-state index < -0.39 is 0 Å². The van der Waals surface area contributed by atoms with Gasteiger partial charge in [-0.05, 0) is 80.1 Å².